The number of carbonyl (C=O) groups excluding carboxylic acids is 1. The predicted octanol–water partition coefficient (Wildman–Crippen LogP) is 3.90. The molecule has 116 valence electrons. The summed E-state index contributed by atoms with van der Waals surface area (Å²) in [6.45, 7) is 5.65. The average molecular weight is 292 g/mol. The number of hydrogen-bond donors (Lipinski definition) is 1. The topological polar surface area (TPSA) is 63.6 Å². The fourth-order valence-corrected chi connectivity index (χ4v) is 2.85. The fraction of sp³-hybridized carbons (Fsp3) is 0.529. The normalized spacial score (nSPS) is 15.0. The lowest BCUT2D eigenvalue weighted by Gasteiger charge is -2.33. The standard InChI is InChI=1S/C17H24O4/c1-4-10-13(5-2)17(6-3,15(18)19)16(20)21-14-11-8-7-9-12-14/h7-9,11-13H,4-6,10H2,1-3H3,(H,18,19). The van der Waals surface area contributed by atoms with Crippen LogP contribution < -0.4 is 4.74 Å². The van der Waals surface area contributed by atoms with Crippen LogP contribution in [0.5, 0.6) is 5.75 Å². The van der Waals surface area contributed by atoms with Crippen molar-refractivity contribution in [2.24, 2.45) is 11.3 Å². The molecule has 0 bridgehead atoms. The molecule has 1 N–H and O–H groups in total. The Morgan fingerprint density at radius 3 is 2.24 bits per heavy atom. The molecule has 21 heavy (non-hydrogen) atoms. The first-order chi connectivity index (χ1) is 10.0. The van der Waals surface area contributed by atoms with Gasteiger partial charge in [0.15, 0.2) is 5.41 Å². The number of carboxylic acid groups (broad SMARTS) is 1. The molecule has 0 heterocycles. The zero-order valence-electron chi connectivity index (χ0n) is 13.0. The first kappa shape index (κ1) is 17.2. The summed E-state index contributed by atoms with van der Waals surface area (Å²) >= 11 is 0. The Labute approximate surface area is 126 Å². The van der Waals surface area contributed by atoms with Gasteiger partial charge in [-0.2, -0.15) is 0 Å². The number of carboxylic acids is 1. The largest absolute Gasteiger partial charge is 0.480 e. The third kappa shape index (κ3) is 3.63. The van der Waals surface area contributed by atoms with E-state index in [4.69, 9.17) is 4.74 Å². The van der Waals surface area contributed by atoms with Crippen LogP contribution in [0.15, 0.2) is 30.3 Å². The number of ether oxygens (including phenoxy) is 1. The Balaban J connectivity index is 3.11. The molecule has 4 heteroatoms. The Kier molecular flexibility index (Phi) is 6.40. The zero-order valence-corrected chi connectivity index (χ0v) is 13.0. The number of benzene rings is 1. The van der Waals surface area contributed by atoms with Crippen molar-refractivity contribution in [1.82, 2.24) is 0 Å². The summed E-state index contributed by atoms with van der Waals surface area (Å²) in [6.07, 6.45) is 2.40. The van der Waals surface area contributed by atoms with Crippen LogP contribution in [0.25, 0.3) is 0 Å². The van der Waals surface area contributed by atoms with Crippen LogP contribution in [0.1, 0.15) is 46.5 Å². The van der Waals surface area contributed by atoms with Gasteiger partial charge in [-0.25, -0.2) is 0 Å². The molecule has 0 radical (unpaired) electrons. The second kappa shape index (κ2) is 7.81. The number of para-hydroxylation sites is 1. The Morgan fingerprint density at radius 2 is 1.81 bits per heavy atom. The third-order valence-electron chi connectivity index (χ3n) is 4.08. The van der Waals surface area contributed by atoms with Gasteiger partial charge in [0.25, 0.3) is 0 Å². The van der Waals surface area contributed by atoms with Crippen LogP contribution in [0.2, 0.25) is 0 Å². The minimum absolute atomic E-state index is 0.221. The first-order valence-corrected chi connectivity index (χ1v) is 7.53. The van der Waals surface area contributed by atoms with Crippen LogP contribution in [-0.4, -0.2) is 17.0 Å². The highest BCUT2D eigenvalue weighted by Crippen LogP contribution is 2.39. The van der Waals surface area contributed by atoms with Crippen LogP contribution in [0.4, 0.5) is 0 Å². The summed E-state index contributed by atoms with van der Waals surface area (Å²) in [5.41, 5.74) is -1.47. The summed E-state index contributed by atoms with van der Waals surface area (Å²) < 4.78 is 5.34. The van der Waals surface area contributed by atoms with Gasteiger partial charge in [0, 0.05) is 0 Å². The van der Waals surface area contributed by atoms with Crippen molar-refractivity contribution in [1.29, 1.82) is 0 Å². The number of esters is 1. The van der Waals surface area contributed by atoms with Crippen LogP contribution in [-0.2, 0) is 9.59 Å². The average Bonchev–Trinajstić information content (AvgIpc) is 2.48. The van der Waals surface area contributed by atoms with Crippen molar-refractivity contribution in [3.8, 4) is 5.75 Å². The smallest absolute Gasteiger partial charge is 0.329 e. The second-order valence-corrected chi connectivity index (χ2v) is 5.23. The van der Waals surface area contributed by atoms with Crippen molar-refractivity contribution in [3.05, 3.63) is 30.3 Å². The van der Waals surface area contributed by atoms with E-state index in [1.54, 1.807) is 31.2 Å². The van der Waals surface area contributed by atoms with E-state index in [9.17, 15) is 14.7 Å². The third-order valence-corrected chi connectivity index (χ3v) is 4.08. The molecular weight excluding hydrogens is 268 g/mol. The second-order valence-electron chi connectivity index (χ2n) is 5.23. The van der Waals surface area contributed by atoms with Crippen LogP contribution >= 0.6 is 0 Å². The molecule has 0 saturated heterocycles. The molecule has 1 aromatic carbocycles. The van der Waals surface area contributed by atoms with Gasteiger partial charge in [0.05, 0.1) is 0 Å². The number of aliphatic carboxylic acids is 1. The number of rotatable bonds is 8. The van der Waals surface area contributed by atoms with Crippen molar-refractivity contribution in [2.75, 3.05) is 0 Å². The lowest BCUT2D eigenvalue weighted by Crippen LogP contribution is -2.47. The van der Waals surface area contributed by atoms with E-state index in [-0.39, 0.29) is 12.3 Å². The maximum atomic E-state index is 12.6. The van der Waals surface area contributed by atoms with Crippen molar-refractivity contribution in [3.63, 3.8) is 0 Å². The van der Waals surface area contributed by atoms with E-state index in [1.807, 2.05) is 19.9 Å². The molecule has 0 aromatic heterocycles. The van der Waals surface area contributed by atoms with Crippen LogP contribution in [0, 0.1) is 11.3 Å². The Hall–Kier alpha value is -1.84. The van der Waals surface area contributed by atoms with E-state index < -0.39 is 17.4 Å². The predicted molar refractivity (Wildman–Crippen MR) is 81.1 cm³/mol. The molecular formula is C17H24O4. The molecule has 0 amide bonds. The lowest BCUT2D eigenvalue weighted by molar-refractivity contribution is -0.168. The molecule has 0 fully saturated rings. The summed E-state index contributed by atoms with van der Waals surface area (Å²) in [5, 5.41) is 9.70. The minimum Gasteiger partial charge on any atom is -0.480 e. The van der Waals surface area contributed by atoms with Crippen molar-refractivity contribution in [2.45, 2.75) is 46.5 Å². The van der Waals surface area contributed by atoms with Gasteiger partial charge < -0.3 is 9.84 Å². The Bertz CT molecular complexity index is 469. The van der Waals surface area contributed by atoms with E-state index in [1.165, 1.54) is 0 Å². The molecule has 1 aromatic rings. The van der Waals surface area contributed by atoms with E-state index >= 15 is 0 Å². The summed E-state index contributed by atoms with van der Waals surface area (Å²) in [5.74, 6) is -1.59. The molecule has 0 spiro atoms. The van der Waals surface area contributed by atoms with Gasteiger partial charge in [-0.3, -0.25) is 9.59 Å². The van der Waals surface area contributed by atoms with E-state index in [0.717, 1.165) is 6.42 Å². The van der Waals surface area contributed by atoms with Crippen LogP contribution in [0.3, 0.4) is 0 Å². The van der Waals surface area contributed by atoms with Gasteiger partial charge in [-0.1, -0.05) is 51.8 Å². The quantitative estimate of drug-likeness (QED) is 0.448. The highest BCUT2D eigenvalue weighted by molar-refractivity contribution is 6.00. The highest BCUT2D eigenvalue weighted by atomic mass is 16.5. The highest BCUT2D eigenvalue weighted by Gasteiger charge is 2.51. The van der Waals surface area contributed by atoms with Gasteiger partial charge in [0.2, 0.25) is 0 Å². The molecule has 0 aliphatic carbocycles. The number of carbonyl (C=O) groups is 2. The molecule has 0 saturated carbocycles. The summed E-state index contributed by atoms with van der Waals surface area (Å²) in [6, 6.07) is 8.62. The maximum absolute atomic E-state index is 12.6. The maximum Gasteiger partial charge on any atom is 0.329 e. The summed E-state index contributed by atoms with van der Waals surface area (Å²) in [7, 11) is 0. The van der Waals surface area contributed by atoms with E-state index in [0.29, 0.717) is 18.6 Å². The van der Waals surface area contributed by atoms with Gasteiger partial charge >= 0.3 is 11.9 Å². The molecule has 2 atom stereocenters. The lowest BCUT2D eigenvalue weighted by atomic mass is 9.70. The monoisotopic (exact) mass is 292 g/mol. The molecule has 0 aliphatic heterocycles. The number of hydrogen-bond acceptors (Lipinski definition) is 3. The SMILES string of the molecule is CCCC(CC)C(CC)(C(=O)O)C(=O)Oc1ccccc1. The van der Waals surface area contributed by atoms with Gasteiger partial charge in [-0.15, -0.1) is 0 Å². The fourth-order valence-electron chi connectivity index (χ4n) is 2.85. The molecule has 0 aliphatic rings. The first-order valence-electron chi connectivity index (χ1n) is 7.53. The van der Waals surface area contributed by atoms with Gasteiger partial charge in [-0.05, 0) is 30.9 Å². The Morgan fingerprint density at radius 1 is 1.19 bits per heavy atom. The van der Waals surface area contributed by atoms with E-state index in [2.05, 4.69) is 0 Å². The zero-order chi connectivity index (χ0) is 15.9. The summed E-state index contributed by atoms with van der Waals surface area (Å²) in [4.78, 5) is 24.4. The van der Waals surface area contributed by atoms with Crippen molar-refractivity contribution < 1.29 is 19.4 Å². The van der Waals surface area contributed by atoms with Gasteiger partial charge in [0.1, 0.15) is 5.75 Å². The minimum atomic E-state index is -1.47. The molecule has 2 unspecified atom stereocenters. The molecule has 4 nitrogen and oxygen atoms in total. The molecule has 1 rings (SSSR count). The van der Waals surface area contributed by atoms with Crippen molar-refractivity contribution >= 4 is 11.9 Å².